The Hall–Kier alpha value is -2.78. The number of benzene rings is 2. The summed E-state index contributed by atoms with van der Waals surface area (Å²) in [7, 11) is 3.07. The zero-order chi connectivity index (χ0) is 20.4. The van der Waals surface area contributed by atoms with Crippen LogP contribution in [0.5, 0.6) is 11.5 Å². The molecule has 1 aliphatic rings. The predicted molar refractivity (Wildman–Crippen MR) is 111 cm³/mol. The summed E-state index contributed by atoms with van der Waals surface area (Å²) >= 11 is 4.46. The number of amides is 1. The number of aromatic carboxylic acids is 1. The molecule has 0 saturated carbocycles. The van der Waals surface area contributed by atoms with Crippen LogP contribution in [0.3, 0.4) is 0 Å². The molecule has 9 heteroatoms. The first-order valence-corrected chi connectivity index (χ1v) is 9.57. The number of hydrogen-bond donors (Lipinski definition) is 2. The Morgan fingerprint density at radius 3 is 2.57 bits per heavy atom. The van der Waals surface area contributed by atoms with E-state index in [0.29, 0.717) is 25.8 Å². The van der Waals surface area contributed by atoms with Crippen LogP contribution in [0.1, 0.15) is 15.9 Å². The molecule has 1 fully saturated rings. The van der Waals surface area contributed by atoms with Crippen molar-refractivity contribution < 1.29 is 24.5 Å². The largest absolute Gasteiger partial charge is 0.503 e. The molecule has 2 N–H and O–H groups in total. The van der Waals surface area contributed by atoms with E-state index in [0.717, 1.165) is 0 Å². The van der Waals surface area contributed by atoms with Crippen molar-refractivity contribution in [1.82, 2.24) is 4.90 Å². The molecular formula is C19H15BrN2O5S. The van der Waals surface area contributed by atoms with Gasteiger partial charge >= 0.3 is 5.97 Å². The van der Waals surface area contributed by atoms with Crippen LogP contribution in [0.2, 0.25) is 0 Å². The number of methoxy groups -OCH3 is 1. The molecule has 3 rings (SSSR count). The number of rotatable bonds is 4. The summed E-state index contributed by atoms with van der Waals surface area (Å²) in [6, 6.07) is 9.39. The maximum Gasteiger partial charge on any atom is 0.335 e. The number of likely N-dealkylation sites (N-methyl/N-ethyl adjacent to an activating group) is 1. The number of thioether (sulfide) groups is 1. The topological polar surface area (TPSA) is 99.4 Å². The Kier molecular flexibility index (Phi) is 5.76. The highest BCUT2D eigenvalue weighted by Crippen LogP contribution is 2.38. The minimum absolute atomic E-state index is 0.0146. The zero-order valence-corrected chi connectivity index (χ0v) is 17.2. The molecule has 0 atom stereocenters. The van der Waals surface area contributed by atoms with Crippen molar-refractivity contribution in [2.75, 3.05) is 14.2 Å². The van der Waals surface area contributed by atoms with E-state index in [-0.39, 0.29) is 23.0 Å². The summed E-state index contributed by atoms with van der Waals surface area (Å²) in [5.41, 5.74) is 1.39. The Morgan fingerprint density at radius 1 is 1.29 bits per heavy atom. The molecule has 0 aliphatic carbocycles. The van der Waals surface area contributed by atoms with Crippen LogP contribution in [-0.2, 0) is 4.79 Å². The van der Waals surface area contributed by atoms with Gasteiger partial charge in [-0.1, -0.05) is 0 Å². The van der Waals surface area contributed by atoms with Crippen LogP contribution >= 0.6 is 27.7 Å². The highest BCUT2D eigenvalue weighted by Gasteiger charge is 2.30. The van der Waals surface area contributed by atoms with Gasteiger partial charge in [0.05, 0.1) is 27.7 Å². The molecule has 0 unspecified atom stereocenters. The van der Waals surface area contributed by atoms with E-state index in [1.807, 2.05) is 0 Å². The standard InChI is InChI=1S/C19H15BrN2O5S/c1-22-17(24)15(9-10-7-13(20)16(23)14(8-10)27-2)28-19(22)21-12-5-3-11(4-6-12)18(25)26/h3-9,23H,1-2H3,(H,25,26). The Morgan fingerprint density at radius 2 is 1.96 bits per heavy atom. The van der Waals surface area contributed by atoms with Gasteiger partial charge in [0, 0.05) is 7.05 Å². The zero-order valence-electron chi connectivity index (χ0n) is 14.8. The molecule has 1 heterocycles. The smallest absolute Gasteiger partial charge is 0.335 e. The van der Waals surface area contributed by atoms with Gasteiger partial charge in [0.2, 0.25) is 0 Å². The fourth-order valence-electron chi connectivity index (χ4n) is 2.42. The molecule has 2 aromatic rings. The van der Waals surface area contributed by atoms with E-state index >= 15 is 0 Å². The van der Waals surface area contributed by atoms with Gasteiger partial charge < -0.3 is 14.9 Å². The third kappa shape index (κ3) is 4.05. The lowest BCUT2D eigenvalue weighted by atomic mass is 10.2. The maximum atomic E-state index is 12.5. The number of phenolic OH excluding ortho intramolecular Hbond substituents is 1. The molecule has 28 heavy (non-hydrogen) atoms. The number of carbonyl (C=O) groups excluding carboxylic acids is 1. The number of halogens is 1. The summed E-state index contributed by atoms with van der Waals surface area (Å²) in [5.74, 6) is -0.951. The molecule has 0 spiro atoms. The van der Waals surface area contributed by atoms with Gasteiger partial charge in [-0.2, -0.15) is 0 Å². The van der Waals surface area contributed by atoms with Gasteiger partial charge in [-0.3, -0.25) is 9.69 Å². The minimum Gasteiger partial charge on any atom is -0.503 e. The van der Waals surface area contributed by atoms with E-state index in [4.69, 9.17) is 9.84 Å². The third-order valence-electron chi connectivity index (χ3n) is 3.91. The number of aliphatic imine (C=N–C) groups is 1. The van der Waals surface area contributed by atoms with E-state index in [1.54, 1.807) is 37.4 Å². The third-order valence-corrected chi connectivity index (χ3v) is 5.58. The van der Waals surface area contributed by atoms with Crippen LogP contribution in [0, 0.1) is 0 Å². The van der Waals surface area contributed by atoms with Crippen LogP contribution in [0.25, 0.3) is 6.08 Å². The summed E-state index contributed by atoms with van der Waals surface area (Å²) in [5, 5.41) is 19.3. The van der Waals surface area contributed by atoms with Crippen molar-refractivity contribution in [3.63, 3.8) is 0 Å². The molecule has 7 nitrogen and oxygen atoms in total. The van der Waals surface area contributed by atoms with Crippen LogP contribution in [0.4, 0.5) is 5.69 Å². The van der Waals surface area contributed by atoms with Crippen molar-refractivity contribution in [3.05, 3.63) is 56.9 Å². The first-order valence-electron chi connectivity index (χ1n) is 7.96. The predicted octanol–water partition coefficient (Wildman–Crippen LogP) is 4.10. The summed E-state index contributed by atoms with van der Waals surface area (Å²) < 4.78 is 5.58. The number of ether oxygens (including phenoxy) is 1. The van der Waals surface area contributed by atoms with Crippen molar-refractivity contribution in [1.29, 1.82) is 0 Å². The maximum absolute atomic E-state index is 12.5. The second-order valence-electron chi connectivity index (χ2n) is 5.77. The van der Waals surface area contributed by atoms with E-state index in [2.05, 4.69) is 20.9 Å². The Balaban J connectivity index is 1.90. The molecule has 1 amide bonds. The Bertz CT molecular complexity index is 1020. The summed E-state index contributed by atoms with van der Waals surface area (Å²) in [4.78, 5) is 29.8. The van der Waals surface area contributed by atoms with Gasteiger partial charge in [-0.05, 0) is 75.7 Å². The fourth-order valence-corrected chi connectivity index (χ4v) is 3.87. The number of carbonyl (C=O) groups is 2. The number of hydrogen-bond acceptors (Lipinski definition) is 6. The Labute approximate surface area is 173 Å². The average molecular weight is 463 g/mol. The molecule has 2 aromatic carbocycles. The average Bonchev–Trinajstić information content (AvgIpc) is 2.92. The molecule has 0 aromatic heterocycles. The SMILES string of the molecule is COc1cc(C=C2SC(=Nc3ccc(C(=O)O)cc3)N(C)C2=O)cc(Br)c1O. The van der Waals surface area contributed by atoms with E-state index in [1.165, 1.54) is 35.9 Å². The highest BCUT2D eigenvalue weighted by molar-refractivity contribution is 9.10. The normalized spacial score (nSPS) is 16.8. The van der Waals surface area contributed by atoms with Crippen LogP contribution < -0.4 is 4.74 Å². The number of aromatic hydroxyl groups is 1. The first kappa shape index (κ1) is 20.0. The molecule has 1 saturated heterocycles. The van der Waals surface area contributed by atoms with Gasteiger partial charge in [-0.25, -0.2) is 9.79 Å². The molecule has 144 valence electrons. The lowest BCUT2D eigenvalue weighted by Crippen LogP contribution is -2.23. The number of nitrogens with zero attached hydrogens (tertiary/aromatic N) is 2. The number of carboxylic acid groups (broad SMARTS) is 1. The van der Waals surface area contributed by atoms with Crippen molar-refractivity contribution in [2.24, 2.45) is 4.99 Å². The minimum atomic E-state index is -1.01. The highest BCUT2D eigenvalue weighted by atomic mass is 79.9. The lowest BCUT2D eigenvalue weighted by Gasteiger charge is -2.07. The van der Waals surface area contributed by atoms with Gasteiger partial charge in [0.25, 0.3) is 5.91 Å². The van der Waals surface area contributed by atoms with Gasteiger partial charge in [0.1, 0.15) is 0 Å². The van der Waals surface area contributed by atoms with E-state index < -0.39 is 5.97 Å². The molecule has 0 radical (unpaired) electrons. The molecule has 1 aliphatic heterocycles. The van der Waals surface area contributed by atoms with Crippen LogP contribution in [-0.4, -0.2) is 46.3 Å². The van der Waals surface area contributed by atoms with Gasteiger partial charge in [0.15, 0.2) is 16.7 Å². The van der Waals surface area contributed by atoms with Crippen LogP contribution in [0.15, 0.2) is 50.8 Å². The first-order chi connectivity index (χ1) is 13.3. The number of carboxylic acids is 1. The molecular weight excluding hydrogens is 448 g/mol. The van der Waals surface area contributed by atoms with Gasteiger partial charge in [-0.15, -0.1) is 0 Å². The second-order valence-corrected chi connectivity index (χ2v) is 7.64. The fraction of sp³-hybridized carbons (Fsp3) is 0.105. The second kappa shape index (κ2) is 8.07. The quantitative estimate of drug-likeness (QED) is 0.663. The lowest BCUT2D eigenvalue weighted by molar-refractivity contribution is -0.121. The summed E-state index contributed by atoms with van der Waals surface area (Å²) in [6.07, 6.45) is 1.69. The number of phenols is 1. The molecule has 0 bridgehead atoms. The van der Waals surface area contributed by atoms with Crippen molar-refractivity contribution in [2.45, 2.75) is 0 Å². The monoisotopic (exact) mass is 462 g/mol. The summed E-state index contributed by atoms with van der Waals surface area (Å²) in [6.45, 7) is 0. The van der Waals surface area contributed by atoms with Crippen molar-refractivity contribution in [3.8, 4) is 11.5 Å². The van der Waals surface area contributed by atoms with E-state index in [9.17, 15) is 14.7 Å². The van der Waals surface area contributed by atoms with Crippen molar-refractivity contribution >= 4 is 56.5 Å². The number of amidine groups is 1.